The molecule has 0 amide bonds. The second-order valence-electron chi connectivity index (χ2n) is 31.3. The Labute approximate surface area is 732 Å². The number of phosphoric ester groups is 2. The van der Waals surface area contributed by atoms with Crippen LogP contribution in [0.2, 0.25) is 0 Å². The summed E-state index contributed by atoms with van der Waals surface area (Å²) in [5.41, 5.74) is 11.8. The van der Waals surface area contributed by atoms with Crippen LogP contribution in [0.5, 0.6) is 0 Å². The number of fused-ring (bicyclic) bond motifs is 2. The van der Waals surface area contributed by atoms with E-state index in [1.54, 1.807) is 0 Å². The minimum Gasteiger partial charge on any atom is -0.442 e. The number of quaternary nitrogens is 1. The number of anilines is 2. The van der Waals surface area contributed by atoms with E-state index in [0.29, 0.717) is 0 Å². The molecule has 713 valence electrons. The van der Waals surface area contributed by atoms with Gasteiger partial charge in [0.25, 0.3) is 0 Å². The Balaban J connectivity index is 0.000000918. The molecule has 2 saturated heterocycles. The van der Waals surface area contributed by atoms with Gasteiger partial charge in [0, 0.05) is 0 Å². The van der Waals surface area contributed by atoms with Crippen LogP contribution in [0.3, 0.4) is 0 Å². The number of nitrogens with one attached hydrogen (secondary N) is 1. The molecule has 36 nitrogen and oxygen atoms in total. The Hall–Kier alpha value is -2.93. The highest BCUT2D eigenvalue weighted by Gasteiger charge is 2.49. The number of nitrogen functional groups attached to an aromatic ring is 2. The van der Waals surface area contributed by atoms with E-state index in [1.165, 1.54) is 291 Å². The van der Waals surface area contributed by atoms with Crippen molar-refractivity contribution in [3.05, 3.63) is 25.3 Å². The molecular weight excluding hydrogens is 1670 g/mol. The van der Waals surface area contributed by atoms with Gasteiger partial charge in [0.2, 0.25) is 0 Å². The Morgan fingerprint density at radius 1 is 0.361 bits per heavy atom. The Morgan fingerprint density at radius 3 is 0.811 bits per heavy atom. The predicted octanol–water partition coefficient (Wildman–Crippen LogP) is 14.9. The van der Waals surface area contributed by atoms with Crippen LogP contribution in [0, 0.1) is 0 Å². The van der Waals surface area contributed by atoms with Crippen LogP contribution in [-0.4, -0.2) is 254 Å². The normalized spacial score (nSPS) is 20.3. The fraction of sp³-hybridized carbons (Fsp3) is 0.875. The van der Waals surface area contributed by atoms with Gasteiger partial charge < -0.3 is 97.6 Å². The first-order valence-corrected chi connectivity index (χ1v) is 53.2. The summed E-state index contributed by atoms with van der Waals surface area (Å²) >= 11 is 0. The maximum atomic E-state index is 12.5. The summed E-state index contributed by atoms with van der Waals surface area (Å²) in [6.07, 6.45) is 31.8. The zero-order chi connectivity index (χ0) is 91.6. The van der Waals surface area contributed by atoms with Gasteiger partial charge in [0.05, 0.1) is 53.0 Å². The van der Waals surface area contributed by atoms with Crippen molar-refractivity contribution >= 4 is 80.3 Å². The summed E-state index contributed by atoms with van der Waals surface area (Å²) in [7, 11) is -25.0. The first-order valence-electron chi connectivity index (χ1n) is 45.6. The van der Waals surface area contributed by atoms with E-state index >= 15 is 0 Å². The van der Waals surface area contributed by atoms with Crippen LogP contribution >= 0.6 is 38.8 Å². The Morgan fingerprint density at radius 2 is 0.590 bits per heavy atom. The highest BCUT2D eigenvalue weighted by molar-refractivity contribution is 7.87. The highest BCUT2D eigenvalue weighted by atomic mass is 31.3. The van der Waals surface area contributed by atoms with Gasteiger partial charge in [0.15, 0.2) is 35.4 Å². The average Bonchev–Trinajstić information content (AvgIpc) is 1.62. The van der Waals surface area contributed by atoms with Gasteiger partial charge in [-0.3, -0.25) is 18.2 Å². The molecule has 42 heteroatoms. The molecule has 0 saturated carbocycles. The number of aromatic nitrogens is 8. The summed E-state index contributed by atoms with van der Waals surface area (Å²) in [6, 6.07) is 0. The number of aliphatic hydroxyl groups is 4. The fourth-order valence-corrected chi connectivity index (χ4v) is 19.5. The van der Waals surface area contributed by atoms with Crippen LogP contribution in [0.25, 0.3) is 22.3 Å². The molecule has 2 fully saturated rings. The third kappa shape index (κ3) is 49.2. The minimum absolute atomic E-state index is 0.0296. The van der Waals surface area contributed by atoms with Crippen molar-refractivity contribution in [3.8, 4) is 0 Å². The molecule has 3 radical (unpaired) electrons. The fourth-order valence-electron chi connectivity index (χ4n) is 12.9. The van der Waals surface area contributed by atoms with E-state index < -0.39 is 101 Å². The second-order valence-corrected chi connectivity index (χ2v) is 39.2. The number of phosphoric acid groups is 4. The lowest BCUT2D eigenvalue weighted by Gasteiger charge is -2.29. The highest BCUT2D eigenvalue weighted by Crippen LogP contribution is 2.73. The van der Waals surface area contributed by atoms with E-state index in [9.17, 15) is 62.8 Å². The molecule has 4 aromatic rings. The number of aliphatic hydroxyl groups excluding tert-OH is 4. The monoisotopic (exact) mass is 1840 g/mol. The van der Waals surface area contributed by atoms with Gasteiger partial charge in [-0.1, -0.05) is 200 Å². The lowest BCUT2D eigenvalue weighted by molar-refractivity contribution is -0.900. The van der Waals surface area contributed by atoms with Crippen LogP contribution < -0.4 is 16.4 Å². The molecule has 0 spiro atoms. The average molecular weight is 1840 g/mol. The maximum Gasteiger partial charge on any atom is 0.485 e. The number of hydrogen-bond donors (Lipinski definition) is 11. The van der Waals surface area contributed by atoms with E-state index in [-0.39, 0.29) is 34.0 Å². The topological polar surface area (TPSA) is 478 Å². The number of imidazole rings is 2. The lowest BCUT2D eigenvalue weighted by atomic mass is 10.1. The van der Waals surface area contributed by atoms with Crippen molar-refractivity contribution in [1.82, 2.24) is 58.6 Å². The van der Waals surface area contributed by atoms with Crippen molar-refractivity contribution in [2.45, 2.75) is 346 Å². The molecular formula is C80H164BN15O21P5. The van der Waals surface area contributed by atoms with Crippen molar-refractivity contribution in [1.29, 1.82) is 0 Å². The number of nitrogens with zero attached hydrogens (tertiary/aromatic N) is 12. The van der Waals surface area contributed by atoms with Crippen molar-refractivity contribution in [2.24, 2.45) is 0 Å². The SMILES string of the molecule is CCCCN(CCCC)CCCC.CCCCN(CCCC)CCCC.CCCCN(CCCC)CCCC.CCCCN(CCCC)CCCC.CCCC[NH+](CCCC)CCCC.[B-]P(=O)(OP(=O)(O)OP(=O)(O)OC[C@H]1O[C@@H](n2cnc3c(N)ncnc32)[C@H](O)[C@@H]1O)OP(=O)(O)OP(=O)(O)OC[C@H]1O[C@@H](n2cnc3c(N)ncnc32)[C@H](O)[C@@H]1O. The van der Waals surface area contributed by atoms with Gasteiger partial charge in [-0.25, -0.2) is 56.8 Å². The van der Waals surface area contributed by atoms with Gasteiger partial charge in [0.1, 0.15) is 60.3 Å². The van der Waals surface area contributed by atoms with Crippen molar-refractivity contribution in [3.63, 3.8) is 0 Å². The third-order valence-corrected chi connectivity index (χ3v) is 28.0. The minimum atomic E-state index is -6.21. The number of unbranched alkanes of at least 4 members (excludes halogenated alkanes) is 15. The van der Waals surface area contributed by atoms with E-state index in [1.807, 2.05) is 4.90 Å². The lowest BCUT2D eigenvalue weighted by Crippen LogP contribution is -3.12. The van der Waals surface area contributed by atoms with Crippen molar-refractivity contribution in [2.75, 3.05) is 123 Å². The van der Waals surface area contributed by atoms with Gasteiger partial charge in [-0.2, -0.15) is 8.62 Å². The van der Waals surface area contributed by atoms with E-state index in [2.05, 4.69) is 180 Å². The number of nitrogens with two attached hydrogens (primary N) is 2. The number of rotatable bonds is 61. The third-order valence-electron chi connectivity index (χ3n) is 20.2. The number of ether oxygens (including phenoxy) is 2. The summed E-state index contributed by atoms with van der Waals surface area (Å²) in [6.45, 7) is 51.9. The second kappa shape index (κ2) is 67.3. The molecule has 0 bridgehead atoms. The molecule has 12 atom stereocenters. The predicted molar refractivity (Wildman–Crippen MR) is 485 cm³/mol. The number of hydrogen-bond acceptors (Lipinski definition) is 29. The Bertz CT molecular complexity index is 3150. The molecule has 0 aliphatic carbocycles. The van der Waals surface area contributed by atoms with E-state index in [0.717, 1.165) is 34.4 Å². The summed E-state index contributed by atoms with van der Waals surface area (Å²) in [5.74, 6) is -0.0592. The van der Waals surface area contributed by atoms with Crippen LogP contribution in [0.15, 0.2) is 25.3 Å². The van der Waals surface area contributed by atoms with Crippen molar-refractivity contribution < 1.29 is 103 Å². The first kappa shape index (κ1) is 117. The summed E-state index contributed by atoms with van der Waals surface area (Å²) in [5, 5.41) is 41.8. The van der Waals surface area contributed by atoms with Gasteiger partial charge in [-0.15, -0.1) is 0 Å². The van der Waals surface area contributed by atoms with Gasteiger partial charge >= 0.3 is 31.3 Å². The molecule has 2 aliphatic rings. The smallest absolute Gasteiger partial charge is 0.442 e. The molecule has 122 heavy (non-hydrogen) atoms. The Kier molecular flexibility index (Phi) is 64.6. The molecule has 6 rings (SSSR count). The molecule has 6 heterocycles. The molecule has 0 aromatic carbocycles. The van der Waals surface area contributed by atoms with Crippen LogP contribution in [0.1, 0.15) is 309 Å². The summed E-state index contributed by atoms with van der Waals surface area (Å²) < 4.78 is 100. The van der Waals surface area contributed by atoms with Gasteiger partial charge in [-0.05, 0) is 175 Å². The molecule has 13 N–H and O–H groups in total. The van der Waals surface area contributed by atoms with E-state index in [4.69, 9.17) is 28.5 Å². The standard InChI is InChI=1S/C20H28BN10O21P5.5C12H27N/c21-53(36,49-56(41,42)51-54(37,38)45-1-7-11(32)13(34)19(47-7)30-5-28-9-15(22)24-3-26-17(9)30)50-57(43,44)52-55(39,40)46-2-8-12(33)14(35)20(48-8)31-6-29-10-16(23)25-4-27-18(10)31;5*1-4-7-10-13(11-8-5-2)12-9-6-3/h3-8,11-14,19-20,32-35H,1-2H2,(H,37,38)(H,39,40)(H,41,42)(H,43,44)(H2,22,24,26)(H2,23,25,27);5*4-12H2,1-3H3/q-1;;;;;/p+1/t7-,8-,11-,12-,13-,14-,19-,20-;;;;;/m1...../s1. The molecule has 4 unspecified atom stereocenters. The molecule has 2 aliphatic heterocycles. The van der Waals surface area contributed by atoms with Crippen LogP contribution in [0.4, 0.5) is 11.6 Å². The quantitative estimate of drug-likeness (QED) is 0.0144. The largest absolute Gasteiger partial charge is 0.485 e. The zero-order valence-electron chi connectivity index (χ0n) is 76.9. The maximum absolute atomic E-state index is 12.5. The molecule has 4 aromatic heterocycles. The summed E-state index contributed by atoms with van der Waals surface area (Å²) in [4.78, 5) is 75.5. The zero-order valence-corrected chi connectivity index (χ0v) is 81.4. The van der Waals surface area contributed by atoms with Crippen LogP contribution in [-0.2, 0) is 58.6 Å². The first-order chi connectivity index (χ1) is 58.1.